The first-order valence-electron chi connectivity index (χ1n) is 8.77. The first-order chi connectivity index (χ1) is 12.1. The highest BCUT2D eigenvalue weighted by Gasteiger charge is 2.13. The summed E-state index contributed by atoms with van der Waals surface area (Å²) in [6.07, 6.45) is 1.73. The number of nitrogens with one attached hydrogen (secondary N) is 1. The van der Waals surface area contributed by atoms with Crippen LogP contribution in [0.5, 0.6) is 5.75 Å². The van der Waals surface area contributed by atoms with Crippen LogP contribution in [0.15, 0.2) is 48.5 Å². The number of ether oxygens (including phenoxy) is 1. The molecule has 0 saturated heterocycles. The van der Waals surface area contributed by atoms with Crippen LogP contribution in [0.2, 0.25) is 0 Å². The SMILES string of the molecule is Cc1cccc(C)c1OCC(NCCCCC(=O)O)c1ccccc1. The largest absolute Gasteiger partial charge is 0.491 e. The minimum absolute atomic E-state index is 0.0741. The molecule has 2 aromatic carbocycles. The van der Waals surface area contributed by atoms with Crippen molar-refractivity contribution in [3.63, 3.8) is 0 Å². The van der Waals surface area contributed by atoms with Gasteiger partial charge in [-0.25, -0.2) is 0 Å². The van der Waals surface area contributed by atoms with E-state index in [1.807, 2.05) is 24.3 Å². The van der Waals surface area contributed by atoms with E-state index in [4.69, 9.17) is 9.84 Å². The fourth-order valence-electron chi connectivity index (χ4n) is 2.83. The van der Waals surface area contributed by atoms with E-state index in [2.05, 4.69) is 43.4 Å². The van der Waals surface area contributed by atoms with Crippen molar-refractivity contribution in [2.45, 2.75) is 39.2 Å². The monoisotopic (exact) mass is 341 g/mol. The Morgan fingerprint density at radius 1 is 1.04 bits per heavy atom. The van der Waals surface area contributed by atoms with Gasteiger partial charge in [0.15, 0.2) is 0 Å². The number of hydrogen-bond acceptors (Lipinski definition) is 3. The molecule has 1 atom stereocenters. The number of benzene rings is 2. The predicted molar refractivity (Wildman–Crippen MR) is 100 cm³/mol. The van der Waals surface area contributed by atoms with Crippen molar-refractivity contribution in [3.05, 3.63) is 65.2 Å². The minimum atomic E-state index is -0.738. The molecule has 4 heteroatoms. The van der Waals surface area contributed by atoms with Crippen LogP contribution in [0.4, 0.5) is 0 Å². The number of aryl methyl sites for hydroxylation is 2. The lowest BCUT2D eigenvalue weighted by Crippen LogP contribution is -2.28. The normalized spacial score (nSPS) is 11.9. The average molecular weight is 341 g/mol. The van der Waals surface area contributed by atoms with Gasteiger partial charge < -0.3 is 15.2 Å². The lowest BCUT2D eigenvalue weighted by Gasteiger charge is -2.21. The van der Waals surface area contributed by atoms with Gasteiger partial charge in [0, 0.05) is 6.42 Å². The molecular weight excluding hydrogens is 314 g/mol. The molecule has 0 radical (unpaired) electrons. The Morgan fingerprint density at radius 3 is 2.36 bits per heavy atom. The zero-order valence-corrected chi connectivity index (χ0v) is 15.0. The van der Waals surface area contributed by atoms with Crippen molar-refractivity contribution in [2.24, 2.45) is 0 Å². The molecule has 1 unspecified atom stereocenters. The van der Waals surface area contributed by atoms with Crippen LogP contribution in [-0.2, 0) is 4.79 Å². The maximum Gasteiger partial charge on any atom is 0.303 e. The topological polar surface area (TPSA) is 58.6 Å². The van der Waals surface area contributed by atoms with Gasteiger partial charge in [-0.2, -0.15) is 0 Å². The van der Waals surface area contributed by atoms with Crippen molar-refractivity contribution >= 4 is 5.97 Å². The number of rotatable bonds is 10. The summed E-state index contributed by atoms with van der Waals surface area (Å²) in [5, 5.41) is 12.2. The van der Waals surface area contributed by atoms with Gasteiger partial charge >= 0.3 is 5.97 Å². The highest BCUT2D eigenvalue weighted by Crippen LogP contribution is 2.24. The second kappa shape index (κ2) is 9.84. The molecule has 4 nitrogen and oxygen atoms in total. The van der Waals surface area contributed by atoms with E-state index in [1.54, 1.807) is 0 Å². The third kappa shape index (κ3) is 6.24. The van der Waals surface area contributed by atoms with Crippen LogP contribution in [-0.4, -0.2) is 24.2 Å². The smallest absolute Gasteiger partial charge is 0.303 e. The van der Waals surface area contributed by atoms with Crippen LogP contribution in [0, 0.1) is 13.8 Å². The van der Waals surface area contributed by atoms with E-state index in [-0.39, 0.29) is 12.5 Å². The van der Waals surface area contributed by atoms with Gasteiger partial charge in [0.2, 0.25) is 0 Å². The molecule has 2 aromatic rings. The number of aliphatic carboxylic acids is 1. The van der Waals surface area contributed by atoms with Crippen LogP contribution >= 0.6 is 0 Å². The maximum atomic E-state index is 10.6. The van der Waals surface area contributed by atoms with Crippen molar-refractivity contribution in [2.75, 3.05) is 13.2 Å². The highest BCUT2D eigenvalue weighted by molar-refractivity contribution is 5.66. The van der Waals surface area contributed by atoms with E-state index in [9.17, 15) is 4.79 Å². The molecule has 0 saturated carbocycles. The van der Waals surface area contributed by atoms with Crippen LogP contribution < -0.4 is 10.1 Å². The molecule has 0 bridgehead atoms. The zero-order chi connectivity index (χ0) is 18.1. The average Bonchev–Trinajstić information content (AvgIpc) is 2.59. The first kappa shape index (κ1) is 19.0. The standard InChI is InChI=1S/C21H27NO3/c1-16-9-8-10-17(2)21(16)25-15-19(18-11-4-3-5-12-18)22-14-7-6-13-20(23)24/h3-5,8-12,19,22H,6-7,13-15H2,1-2H3,(H,23,24). The summed E-state index contributed by atoms with van der Waals surface area (Å²) in [4.78, 5) is 10.6. The number of carboxylic acids is 1. The quantitative estimate of drug-likeness (QED) is 0.634. The molecule has 134 valence electrons. The summed E-state index contributed by atoms with van der Waals surface area (Å²) >= 11 is 0. The van der Waals surface area contributed by atoms with Crippen molar-refractivity contribution in [3.8, 4) is 5.75 Å². The number of para-hydroxylation sites is 1. The van der Waals surface area contributed by atoms with Crippen LogP contribution in [0.3, 0.4) is 0 Å². The Kier molecular flexibility index (Phi) is 7.48. The summed E-state index contributed by atoms with van der Waals surface area (Å²) in [7, 11) is 0. The molecule has 0 aliphatic rings. The molecule has 0 amide bonds. The maximum absolute atomic E-state index is 10.6. The Labute approximate surface area is 149 Å². The van der Waals surface area contributed by atoms with Crippen molar-refractivity contribution in [1.82, 2.24) is 5.32 Å². The second-order valence-corrected chi connectivity index (χ2v) is 6.30. The van der Waals surface area contributed by atoms with Gasteiger partial charge in [-0.05, 0) is 49.9 Å². The lowest BCUT2D eigenvalue weighted by molar-refractivity contribution is -0.137. The summed E-state index contributed by atoms with van der Waals surface area (Å²) in [5.74, 6) is 0.203. The Morgan fingerprint density at radius 2 is 1.72 bits per heavy atom. The van der Waals surface area contributed by atoms with Crippen LogP contribution in [0.1, 0.15) is 42.0 Å². The van der Waals surface area contributed by atoms with Crippen molar-refractivity contribution < 1.29 is 14.6 Å². The first-order valence-corrected chi connectivity index (χ1v) is 8.77. The minimum Gasteiger partial charge on any atom is -0.491 e. The van der Waals surface area contributed by atoms with Gasteiger partial charge in [0.05, 0.1) is 6.04 Å². The zero-order valence-electron chi connectivity index (χ0n) is 15.0. The van der Waals surface area contributed by atoms with E-state index in [0.29, 0.717) is 13.0 Å². The summed E-state index contributed by atoms with van der Waals surface area (Å²) in [5.41, 5.74) is 3.44. The van der Waals surface area contributed by atoms with E-state index < -0.39 is 5.97 Å². The number of unbranched alkanes of at least 4 members (excludes halogenated alkanes) is 1. The summed E-state index contributed by atoms with van der Waals surface area (Å²) in [6.45, 7) is 5.41. The number of hydrogen-bond donors (Lipinski definition) is 2. The van der Waals surface area contributed by atoms with E-state index in [0.717, 1.165) is 29.8 Å². The molecule has 0 aliphatic carbocycles. The fourth-order valence-corrected chi connectivity index (χ4v) is 2.83. The summed E-state index contributed by atoms with van der Waals surface area (Å²) < 4.78 is 6.12. The molecule has 0 aromatic heterocycles. The molecule has 0 spiro atoms. The van der Waals surface area contributed by atoms with Gasteiger partial charge in [0.1, 0.15) is 12.4 Å². The summed E-state index contributed by atoms with van der Waals surface area (Å²) in [6, 6.07) is 16.4. The molecule has 0 heterocycles. The molecule has 2 N–H and O–H groups in total. The lowest BCUT2D eigenvalue weighted by atomic mass is 10.1. The Hall–Kier alpha value is -2.33. The molecular formula is C21H27NO3. The Bertz CT molecular complexity index is 650. The van der Waals surface area contributed by atoms with Crippen molar-refractivity contribution in [1.29, 1.82) is 0 Å². The third-order valence-electron chi connectivity index (χ3n) is 4.21. The van der Waals surface area contributed by atoms with Gasteiger partial charge in [-0.15, -0.1) is 0 Å². The molecule has 0 fully saturated rings. The van der Waals surface area contributed by atoms with E-state index in [1.165, 1.54) is 5.56 Å². The highest BCUT2D eigenvalue weighted by atomic mass is 16.5. The number of carbonyl (C=O) groups is 1. The third-order valence-corrected chi connectivity index (χ3v) is 4.21. The molecule has 2 rings (SSSR count). The molecule has 0 aliphatic heterocycles. The van der Waals surface area contributed by atoms with E-state index >= 15 is 0 Å². The van der Waals surface area contributed by atoms with Gasteiger partial charge in [-0.1, -0.05) is 48.5 Å². The fraction of sp³-hybridized carbons (Fsp3) is 0.381. The number of carboxylic acid groups (broad SMARTS) is 1. The molecule has 25 heavy (non-hydrogen) atoms. The Balaban J connectivity index is 1.96. The predicted octanol–water partition coefficient (Wildman–Crippen LogP) is 4.27. The van der Waals surface area contributed by atoms with Gasteiger partial charge in [0.25, 0.3) is 0 Å². The van der Waals surface area contributed by atoms with Gasteiger partial charge in [-0.3, -0.25) is 4.79 Å². The second-order valence-electron chi connectivity index (χ2n) is 6.30. The van der Waals surface area contributed by atoms with Crippen LogP contribution in [0.25, 0.3) is 0 Å².